The average molecular weight is 240 g/mol. The third-order valence-corrected chi connectivity index (χ3v) is 3.70. The minimum absolute atomic E-state index is 0.330. The van der Waals surface area contributed by atoms with Crippen LogP contribution in [-0.2, 0) is 4.79 Å². The Balaban J connectivity index is 2.17. The first kappa shape index (κ1) is 14.5. The molecule has 1 rings (SSSR count). The van der Waals surface area contributed by atoms with Gasteiger partial charge in [0.2, 0.25) is 5.91 Å². The van der Waals surface area contributed by atoms with Gasteiger partial charge in [0.15, 0.2) is 0 Å². The standard InChI is InChI=1S/C14H28N2O/c1-2-3-4-5-6-10-14(17)16(12-11-15)13-8-7-9-13/h13H,2-12,15H2,1H3. The van der Waals surface area contributed by atoms with E-state index in [4.69, 9.17) is 5.73 Å². The summed E-state index contributed by atoms with van der Waals surface area (Å²) >= 11 is 0. The van der Waals surface area contributed by atoms with E-state index in [-0.39, 0.29) is 0 Å². The van der Waals surface area contributed by atoms with Gasteiger partial charge in [-0.2, -0.15) is 0 Å². The summed E-state index contributed by atoms with van der Waals surface area (Å²) in [4.78, 5) is 14.1. The Kier molecular flexibility index (Phi) is 7.25. The van der Waals surface area contributed by atoms with Crippen LogP contribution in [0.15, 0.2) is 0 Å². The lowest BCUT2D eigenvalue weighted by Crippen LogP contribution is -2.46. The predicted octanol–water partition coefficient (Wildman–Crippen LogP) is 2.69. The van der Waals surface area contributed by atoms with Crippen molar-refractivity contribution in [1.29, 1.82) is 0 Å². The van der Waals surface area contributed by atoms with Crippen molar-refractivity contribution in [3.8, 4) is 0 Å². The smallest absolute Gasteiger partial charge is 0.222 e. The Labute approximate surface area is 106 Å². The third kappa shape index (κ3) is 5.07. The molecule has 1 amide bonds. The van der Waals surface area contributed by atoms with Gasteiger partial charge < -0.3 is 10.6 Å². The second kappa shape index (κ2) is 8.51. The van der Waals surface area contributed by atoms with Crippen LogP contribution in [-0.4, -0.2) is 29.9 Å². The molecule has 0 aromatic rings. The molecule has 3 heteroatoms. The van der Waals surface area contributed by atoms with Crippen LogP contribution in [0.1, 0.15) is 64.7 Å². The highest BCUT2D eigenvalue weighted by Crippen LogP contribution is 2.25. The van der Waals surface area contributed by atoms with E-state index in [0.29, 0.717) is 18.5 Å². The van der Waals surface area contributed by atoms with E-state index in [1.54, 1.807) is 0 Å². The molecule has 0 saturated heterocycles. The van der Waals surface area contributed by atoms with Crippen molar-refractivity contribution in [3.63, 3.8) is 0 Å². The molecule has 100 valence electrons. The molecule has 1 fully saturated rings. The first-order chi connectivity index (χ1) is 8.29. The highest BCUT2D eigenvalue weighted by molar-refractivity contribution is 5.76. The van der Waals surface area contributed by atoms with Crippen LogP contribution < -0.4 is 5.73 Å². The number of hydrogen-bond donors (Lipinski definition) is 1. The lowest BCUT2D eigenvalue weighted by Gasteiger charge is -2.37. The van der Waals surface area contributed by atoms with E-state index in [1.165, 1.54) is 44.9 Å². The van der Waals surface area contributed by atoms with E-state index in [2.05, 4.69) is 6.92 Å². The van der Waals surface area contributed by atoms with Crippen molar-refractivity contribution in [1.82, 2.24) is 4.90 Å². The topological polar surface area (TPSA) is 46.3 Å². The van der Waals surface area contributed by atoms with E-state index in [9.17, 15) is 4.79 Å². The molecule has 0 unspecified atom stereocenters. The van der Waals surface area contributed by atoms with Crippen molar-refractivity contribution in [2.24, 2.45) is 5.73 Å². The van der Waals surface area contributed by atoms with Crippen LogP contribution in [0.3, 0.4) is 0 Å². The van der Waals surface area contributed by atoms with Gasteiger partial charge >= 0.3 is 0 Å². The van der Waals surface area contributed by atoms with Gasteiger partial charge in [0, 0.05) is 25.6 Å². The number of carbonyl (C=O) groups is 1. The second-order valence-corrected chi connectivity index (χ2v) is 5.12. The maximum Gasteiger partial charge on any atom is 0.222 e. The minimum atomic E-state index is 0.330. The zero-order valence-corrected chi connectivity index (χ0v) is 11.3. The van der Waals surface area contributed by atoms with Gasteiger partial charge in [0.05, 0.1) is 0 Å². The highest BCUT2D eigenvalue weighted by atomic mass is 16.2. The first-order valence-corrected chi connectivity index (χ1v) is 7.29. The van der Waals surface area contributed by atoms with Crippen molar-refractivity contribution in [2.75, 3.05) is 13.1 Å². The molecule has 0 aromatic heterocycles. The number of nitrogens with two attached hydrogens (primary N) is 1. The molecule has 0 heterocycles. The molecule has 17 heavy (non-hydrogen) atoms. The number of unbranched alkanes of at least 4 members (excludes halogenated alkanes) is 4. The van der Waals surface area contributed by atoms with Gasteiger partial charge in [-0.05, 0) is 25.7 Å². The summed E-state index contributed by atoms with van der Waals surface area (Å²) in [6, 6.07) is 0.502. The molecule has 1 saturated carbocycles. The van der Waals surface area contributed by atoms with Crippen molar-refractivity contribution in [2.45, 2.75) is 70.8 Å². The van der Waals surface area contributed by atoms with Crippen LogP contribution in [0.5, 0.6) is 0 Å². The Bertz CT molecular complexity index is 214. The summed E-state index contributed by atoms with van der Waals surface area (Å²) in [5, 5.41) is 0. The Morgan fingerprint density at radius 3 is 2.47 bits per heavy atom. The molecule has 0 spiro atoms. The molecular formula is C14H28N2O. The van der Waals surface area contributed by atoms with Crippen LogP contribution in [0, 0.1) is 0 Å². The molecule has 0 atom stereocenters. The molecular weight excluding hydrogens is 212 g/mol. The van der Waals surface area contributed by atoms with Crippen LogP contribution in [0.2, 0.25) is 0 Å². The summed E-state index contributed by atoms with van der Waals surface area (Å²) in [6.45, 7) is 3.56. The molecule has 0 aliphatic heterocycles. The quantitative estimate of drug-likeness (QED) is 0.630. The molecule has 1 aliphatic rings. The van der Waals surface area contributed by atoms with E-state index >= 15 is 0 Å². The largest absolute Gasteiger partial charge is 0.338 e. The van der Waals surface area contributed by atoms with Gasteiger partial charge in [-0.15, -0.1) is 0 Å². The third-order valence-electron chi connectivity index (χ3n) is 3.70. The average Bonchev–Trinajstić information content (AvgIpc) is 2.25. The number of carbonyl (C=O) groups excluding carboxylic acids is 1. The zero-order chi connectivity index (χ0) is 12.5. The van der Waals surface area contributed by atoms with Gasteiger partial charge in [-0.25, -0.2) is 0 Å². The number of rotatable bonds is 9. The Morgan fingerprint density at radius 2 is 1.94 bits per heavy atom. The molecule has 0 bridgehead atoms. The predicted molar refractivity (Wildman–Crippen MR) is 71.8 cm³/mol. The normalized spacial score (nSPS) is 15.6. The summed E-state index contributed by atoms with van der Waals surface area (Å²) in [6.07, 6.45) is 10.4. The number of nitrogens with zero attached hydrogens (tertiary/aromatic N) is 1. The second-order valence-electron chi connectivity index (χ2n) is 5.12. The summed E-state index contributed by atoms with van der Waals surface area (Å²) in [5.41, 5.74) is 5.58. The monoisotopic (exact) mass is 240 g/mol. The van der Waals surface area contributed by atoms with E-state index < -0.39 is 0 Å². The van der Waals surface area contributed by atoms with Crippen LogP contribution in [0.25, 0.3) is 0 Å². The highest BCUT2D eigenvalue weighted by Gasteiger charge is 2.27. The van der Waals surface area contributed by atoms with Crippen LogP contribution >= 0.6 is 0 Å². The molecule has 1 aliphatic carbocycles. The van der Waals surface area contributed by atoms with Crippen molar-refractivity contribution >= 4 is 5.91 Å². The Morgan fingerprint density at radius 1 is 1.24 bits per heavy atom. The molecule has 0 aromatic carbocycles. The van der Waals surface area contributed by atoms with Gasteiger partial charge in [-0.1, -0.05) is 32.6 Å². The number of hydrogen-bond acceptors (Lipinski definition) is 2. The van der Waals surface area contributed by atoms with Gasteiger partial charge in [0.1, 0.15) is 0 Å². The summed E-state index contributed by atoms with van der Waals surface area (Å²) in [7, 11) is 0. The fraction of sp³-hybridized carbons (Fsp3) is 0.929. The van der Waals surface area contributed by atoms with Crippen LogP contribution in [0.4, 0.5) is 0 Å². The maximum atomic E-state index is 12.1. The summed E-state index contributed by atoms with van der Waals surface area (Å²) < 4.78 is 0. The van der Waals surface area contributed by atoms with E-state index in [1.807, 2.05) is 4.90 Å². The SMILES string of the molecule is CCCCCCCC(=O)N(CCN)C1CCC1. The first-order valence-electron chi connectivity index (χ1n) is 7.29. The van der Waals surface area contributed by atoms with Gasteiger partial charge in [0.25, 0.3) is 0 Å². The van der Waals surface area contributed by atoms with Crippen molar-refractivity contribution < 1.29 is 4.79 Å². The van der Waals surface area contributed by atoms with Gasteiger partial charge in [-0.3, -0.25) is 4.79 Å². The zero-order valence-electron chi connectivity index (χ0n) is 11.3. The fourth-order valence-corrected chi connectivity index (χ4v) is 2.37. The molecule has 0 radical (unpaired) electrons. The minimum Gasteiger partial charge on any atom is -0.338 e. The molecule has 3 nitrogen and oxygen atoms in total. The lowest BCUT2D eigenvalue weighted by atomic mass is 9.91. The van der Waals surface area contributed by atoms with Crippen molar-refractivity contribution in [3.05, 3.63) is 0 Å². The number of amides is 1. The summed E-state index contributed by atoms with van der Waals surface area (Å²) in [5.74, 6) is 0.330. The molecule has 2 N–H and O–H groups in total. The fourth-order valence-electron chi connectivity index (χ4n) is 2.37. The Hall–Kier alpha value is -0.570. The lowest BCUT2D eigenvalue weighted by molar-refractivity contribution is -0.135. The maximum absolute atomic E-state index is 12.1. The van der Waals surface area contributed by atoms with E-state index in [0.717, 1.165) is 19.4 Å².